The smallest absolute Gasteiger partial charge is 0.333 e. The summed E-state index contributed by atoms with van der Waals surface area (Å²) in [7, 11) is 1.50. The van der Waals surface area contributed by atoms with Crippen LogP contribution in [0.25, 0.3) is 6.08 Å². The minimum absolute atomic E-state index is 0.101. The molecule has 1 fully saturated rings. The lowest BCUT2D eigenvalue weighted by Crippen LogP contribution is -2.30. The molecule has 0 aliphatic carbocycles. The minimum atomic E-state index is -0.505. The molecule has 0 aromatic heterocycles. The number of amides is 3. The SMILES string of the molecule is C#CCOc1cc(Br)c(/C=C2/NC(=O)N(c3ccccc3)C2=O)cc1OC. The Balaban J connectivity index is 1.94. The van der Waals surface area contributed by atoms with E-state index in [9.17, 15) is 9.59 Å². The van der Waals surface area contributed by atoms with Gasteiger partial charge in [0.15, 0.2) is 11.5 Å². The number of methoxy groups -OCH3 is 1. The molecule has 2 aromatic rings. The van der Waals surface area contributed by atoms with E-state index in [2.05, 4.69) is 27.2 Å². The van der Waals surface area contributed by atoms with E-state index >= 15 is 0 Å². The molecule has 0 unspecified atom stereocenters. The molecule has 0 spiro atoms. The highest BCUT2D eigenvalue weighted by molar-refractivity contribution is 9.10. The third kappa shape index (κ3) is 3.81. The van der Waals surface area contributed by atoms with Crippen molar-refractivity contribution in [2.24, 2.45) is 0 Å². The Kier molecular flexibility index (Phi) is 5.48. The maximum atomic E-state index is 12.7. The van der Waals surface area contributed by atoms with E-state index in [1.54, 1.807) is 42.5 Å². The normalized spacial score (nSPS) is 14.9. The maximum absolute atomic E-state index is 12.7. The summed E-state index contributed by atoms with van der Waals surface area (Å²) in [5.41, 5.74) is 1.29. The summed E-state index contributed by atoms with van der Waals surface area (Å²) < 4.78 is 11.4. The van der Waals surface area contributed by atoms with Gasteiger partial charge in [-0.2, -0.15) is 0 Å². The van der Waals surface area contributed by atoms with E-state index in [0.29, 0.717) is 27.2 Å². The molecule has 7 heteroatoms. The fourth-order valence-corrected chi connectivity index (χ4v) is 2.99. The Morgan fingerprint density at radius 1 is 1.22 bits per heavy atom. The average molecular weight is 427 g/mol. The molecular formula is C20H15BrN2O4. The maximum Gasteiger partial charge on any atom is 0.333 e. The molecule has 27 heavy (non-hydrogen) atoms. The van der Waals surface area contributed by atoms with Crippen LogP contribution in [-0.4, -0.2) is 25.7 Å². The third-order valence-electron chi connectivity index (χ3n) is 3.79. The number of halogens is 1. The largest absolute Gasteiger partial charge is 0.493 e. The van der Waals surface area contributed by atoms with Crippen molar-refractivity contribution in [3.63, 3.8) is 0 Å². The van der Waals surface area contributed by atoms with Gasteiger partial charge in [-0.3, -0.25) is 4.79 Å². The molecule has 1 saturated heterocycles. The Bertz CT molecular complexity index is 964. The van der Waals surface area contributed by atoms with E-state index in [1.807, 2.05) is 6.07 Å². The second kappa shape index (κ2) is 7.98. The molecule has 3 amide bonds. The lowest BCUT2D eigenvalue weighted by atomic mass is 10.1. The summed E-state index contributed by atoms with van der Waals surface area (Å²) in [6.07, 6.45) is 6.78. The van der Waals surface area contributed by atoms with Crippen molar-refractivity contribution in [1.29, 1.82) is 0 Å². The van der Waals surface area contributed by atoms with Crippen LogP contribution in [0.5, 0.6) is 11.5 Å². The summed E-state index contributed by atoms with van der Waals surface area (Å²) in [6.45, 7) is 0.101. The molecule has 1 aliphatic rings. The number of nitrogens with zero attached hydrogens (tertiary/aromatic N) is 1. The highest BCUT2D eigenvalue weighted by atomic mass is 79.9. The van der Waals surface area contributed by atoms with Crippen LogP contribution < -0.4 is 19.7 Å². The molecule has 1 aliphatic heterocycles. The summed E-state index contributed by atoms with van der Waals surface area (Å²) >= 11 is 3.44. The van der Waals surface area contributed by atoms with Gasteiger partial charge in [0.1, 0.15) is 12.3 Å². The number of rotatable bonds is 5. The monoisotopic (exact) mass is 426 g/mol. The first-order valence-corrected chi connectivity index (χ1v) is 8.70. The van der Waals surface area contributed by atoms with Crippen LogP contribution in [0.2, 0.25) is 0 Å². The van der Waals surface area contributed by atoms with Crippen LogP contribution in [0.4, 0.5) is 10.5 Å². The van der Waals surface area contributed by atoms with E-state index in [-0.39, 0.29) is 12.3 Å². The van der Waals surface area contributed by atoms with Gasteiger partial charge < -0.3 is 14.8 Å². The number of imide groups is 1. The quantitative estimate of drug-likeness (QED) is 0.450. The van der Waals surface area contributed by atoms with Gasteiger partial charge >= 0.3 is 6.03 Å². The molecule has 3 rings (SSSR count). The first kappa shape index (κ1) is 18.5. The van der Waals surface area contributed by atoms with Crippen molar-refractivity contribution in [2.45, 2.75) is 0 Å². The fourth-order valence-electron chi connectivity index (χ4n) is 2.56. The first-order chi connectivity index (χ1) is 13.0. The van der Waals surface area contributed by atoms with Gasteiger partial charge in [0.25, 0.3) is 5.91 Å². The Morgan fingerprint density at radius 2 is 1.96 bits per heavy atom. The van der Waals surface area contributed by atoms with Gasteiger partial charge in [-0.05, 0) is 35.9 Å². The predicted molar refractivity (Wildman–Crippen MR) is 105 cm³/mol. The molecule has 0 atom stereocenters. The minimum Gasteiger partial charge on any atom is -0.493 e. The predicted octanol–water partition coefficient (Wildman–Crippen LogP) is 3.57. The number of urea groups is 1. The molecule has 1 heterocycles. The van der Waals surface area contributed by atoms with Crippen LogP contribution in [0.15, 0.2) is 52.6 Å². The highest BCUT2D eigenvalue weighted by Crippen LogP contribution is 2.35. The molecule has 136 valence electrons. The third-order valence-corrected chi connectivity index (χ3v) is 4.47. The molecule has 0 saturated carbocycles. The van der Waals surface area contributed by atoms with Gasteiger partial charge in [-0.25, -0.2) is 9.69 Å². The lowest BCUT2D eigenvalue weighted by Gasteiger charge is -2.12. The van der Waals surface area contributed by atoms with Gasteiger partial charge in [-0.1, -0.05) is 40.0 Å². The van der Waals surface area contributed by atoms with Gasteiger partial charge in [-0.15, -0.1) is 6.42 Å². The van der Waals surface area contributed by atoms with Crippen molar-refractivity contribution < 1.29 is 19.1 Å². The van der Waals surface area contributed by atoms with E-state index in [4.69, 9.17) is 15.9 Å². The summed E-state index contributed by atoms with van der Waals surface area (Å²) in [6, 6.07) is 11.6. The number of carbonyl (C=O) groups is 2. The van der Waals surface area contributed by atoms with Crippen LogP contribution >= 0.6 is 15.9 Å². The van der Waals surface area contributed by atoms with Crippen molar-refractivity contribution in [3.05, 3.63) is 58.2 Å². The number of ether oxygens (including phenoxy) is 2. The van der Waals surface area contributed by atoms with Crippen LogP contribution in [0.3, 0.4) is 0 Å². The summed E-state index contributed by atoms with van der Waals surface area (Å²) in [5, 5.41) is 2.59. The van der Waals surface area contributed by atoms with Crippen molar-refractivity contribution in [3.8, 4) is 23.8 Å². The van der Waals surface area contributed by atoms with E-state index in [1.165, 1.54) is 7.11 Å². The second-order valence-electron chi connectivity index (χ2n) is 5.48. The van der Waals surface area contributed by atoms with E-state index < -0.39 is 11.9 Å². The number of nitrogens with one attached hydrogen (secondary N) is 1. The molecule has 1 N–H and O–H groups in total. The first-order valence-electron chi connectivity index (χ1n) is 7.91. The highest BCUT2D eigenvalue weighted by Gasteiger charge is 2.34. The van der Waals surface area contributed by atoms with Crippen molar-refractivity contribution >= 4 is 39.6 Å². The Labute approximate surface area is 164 Å². The zero-order valence-electron chi connectivity index (χ0n) is 14.4. The molecule has 2 aromatic carbocycles. The standard InChI is InChI=1S/C20H15BrN2O4/c1-3-9-27-18-12-15(21)13(11-17(18)26-2)10-16-19(24)23(20(25)22-16)14-7-5-4-6-8-14/h1,4-8,10-12H,9H2,2H3,(H,22,25)/b16-10+. The van der Waals surface area contributed by atoms with Crippen LogP contribution in [0, 0.1) is 12.3 Å². The van der Waals surface area contributed by atoms with Gasteiger partial charge in [0, 0.05) is 4.47 Å². The average Bonchev–Trinajstić information content (AvgIpc) is 2.95. The van der Waals surface area contributed by atoms with E-state index in [0.717, 1.165) is 4.90 Å². The van der Waals surface area contributed by atoms with Gasteiger partial charge in [0.05, 0.1) is 12.8 Å². The molecule has 0 radical (unpaired) electrons. The topological polar surface area (TPSA) is 67.9 Å². The molecule has 0 bridgehead atoms. The second-order valence-corrected chi connectivity index (χ2v) is 6.34. The number of carbonyl (C=O) groups excluding carboxylic acids is 2. The zero-order chi connectivity index (χ0) is 19.4. The van der Waals surface area contributed by atoms with Crippen molar-refractivity contribution in [1.82, 2.24) is 5.32 Å². The van der Waals surface area contributed by atoms with Gasteiger partial charge in [0.2, 0.25) is 0 Å². The number of terminal acetylenes is 1. The molecular weight excluding hydrogens is 412 g/mol. The van der Waals surface area contributed by atoms with Crippen LogP contribution in [0.1, 0.15) is 5.56 Å². The van der Waals surface area contributed by atoms with Crippen LogP contribution in [-0.2, 0) is 4.79 Å². The summed E-state index contributed by atoms with van der Waals surface area (Å²) in [4.78, 5) is 26.0. The number of hydrogen-bond donors (Lipinski definition) is 1. The number of hydrogen-bond acceptors (Lipinski definition) is 4. The van der Waals surface area contributed by atoms with Crippen molar-refractivity contribution in [2.75, 3.05) is 18.6 Å². The Morgan fingerprint density at radius 3 is 2.63 bits per heavy atom. The summed E-state index contributed by atoms with van der Waals surface area (Å²) in [5.74, 6) is 2.87. The number of benzene rings is 2. The number of anilines is 1. The Hall–Kier alpha value is -3.24. The fraction of sp³-hybridized carbons (Fsp3) is 0.100. The zero-order valence-corrected chi connectivity index (χ0v) is 15.9. The molecule has 6 nitrogen and oxygen atoms in total. The lowest BCUT2D eigenvalue weighted by molar-refractivity contribution is -0.113. The number of para-hydroxylation sites is 1.